The molecule has 18 heavy (non-hydrogen) atoms. The zero-order valence-corrected chi connectivity index (χ0v) is 11.0. The Balaban J connectivity index is 2.24. The Hall–Kier alpha value is -1.39. The Kier molecular flexibility index (Phi) is 3.99. The van der Waals surface area contributed by atoms with Gasteiger partial charge in [0, 0.05) is 12.2 Å². The molecular weight excluding hydrogens is 228 g/mol. The van der Waals surface area contributed by atoms with Crippen LogP contribution in [-0.2, 0) is 9.53 Å². The summed E-state index contributed by atoms with van der Waals surface area (Å²) in [5.41, 5.74) is 8.81. The zero-order chi connectivity index (χ0) is 13.1. The smallest absolute Gasteiger partial charge is 0.256 e. The van der Waals surface area contributed by atoms with Gasteiger partial charge in [0.2, 0.25) is 0 Å². The highest BCUT2D eigenvalue weighted by Crippen LogP contribution is 2.24. The fourth-order valence-electron chi connectivity index (χ4n) is 2.35. The summed E-state index contributed by atoms with van der Waals surface area (Å²) in [7, 11) is 0. The van der Waals surface area contributed by atoms with Gasteiger partial charge in [-0.3, -0.25) is 4.79 Å². The minimum atomic E-state index is -0.385. The molecule has 0 bridgehead atoms. The molecule has 1 saturated heterocycles. The number of rotatable bonds is 3. The Morgan fingerprint density at radius 1 is 1.44 bits per heavy atom. The third-order valence-corrected chi connectivity index (χ3v) is 3.25. The molecule has 1 atom stereocenters. The molecule has 1 aromatic carbocycles. The summed E-state index contributed by atoms with van der Waals surface area (Å²) in [4.78, 5) is 14.1. The standard InChI is InChI=1S/C14H20N2O2/c1-10-3-4-12(11(2)9-10)16-7-8-18-13(5-6-15)14(16)17/h3-4,9,13H,5-8,15H2,1-2H3. The molecule has 4 nitrogen and oxygen atoms in total. The maximum Gasteiger partial charge on any atom is 0.256 e. The number of hydrogen-bond acceptors (Lipinski definition) is 3. The summed E-state index contributed by atoms with van der Waals surface area (Å²) < 4.78 is 5.47. The number of carbonyl (C=O) groups is 1. The predicted octanol–water partition coefficient (Wildman–Crippen LogP) is 1.38. The van der Waals surface area contributed by atoms with Crippen molar-refractivity contribution in [3.05, 3.63) is 29.3 Å². The molecule has 0 spiro atoms. The number of benzene rings is 1. The largest absolute Gasteiger partial charge is 0.366 e. The van der Waals surface area contributed by atoms with Crippen molar-refractivity contribution in [2.45, 2.75) is 26.4 Å². The third kappa shape index (κ3) is 2.54. The van der Waals surface area contributed by atoms with E-state index in [9.17, 15) is 4.79 Å². The van der Waals surface area contributed by atoms with E-state index in [0.29, 0.717) is 26.1 Å². The van der Waals surface area contributed by atoms with Crippen LogP contribution in [0.5, 0.6) is 0 Å². The Bertz CT molecular complexity index is 443. The summed E-state index contributed by atoms with van der Waals surface area (Å²) in [5, 5.41) is 0. The number of anilines is 1. The molecule has 2 N–H and O–H groups in total. The maximum absolute atomic E-state index is 12.3. The van der Waals surface area contributed by atoms with E-state index in [0.717, 1.165) is 11.3 Å². The van der Waals surface area contributed by atoms with Crippen LogP contribution in [-0.4, -0.2) is 31.7 Å². The van der Waals surface area contributed by atoms with E-state index >= 15 is 0 Å². The molecule has 0 aliphatic carbocycles. The van der Waals surface area contributed by atoms with Crippen LogP contribution >= 0.6 is 0 Å². The van der Waals surface area contributed by atoms with Gasteiger partial charge in [0.15, 0.2) is 0 Å². The fraction of sp³-hybridized carbons (Fsp3) is 0.500. The normalized spacial score (nSPS) is 20.3. The van der Waals surface area contributed by atoms with Gasteiger partial charge in [0.1, 0.15) is 6.10 Å². The number of nitrogens with two attached hydrogens (primary N) is 1. The second kappa shape index (κ2) is 5.50. The van der Waals surface area contributed by atoms with E-state index in [4.69, 9.17) is 10.5 Å². The summed E-state index contributed by atoms with van der Waals surface area (Å²) in [6.07, 6.45) is 0.199. The lowest BCUT2D eigenvalue weighted by Crippen LogP contribution is -2.48. The van der Waals surface area contributed by atoms with Crippen molar-refractivity contribution < 1.29 is 9.53 Å². The van der Waals surface area contributed by atoms with Crippen LogP contribution in [0.25, 0.3) is 0 Å². The lowest BCUT2D eigenvalue weighted by molar-refractivity contribution is -0.134. The van der Waals surface area contributed by atoms with Gasteiger partial charge in [-0.1, -0.05) is 17.7 Å². The number of carbonyl (C=O) groups excluding carboxylic acids is 1. The molecule has 1 heterocycles. The molecule has 0 radical (unpaired) electrons. The molecule has 98 valence electrons. The third-order valence-electron chi connectivity index (χ3n) is 3.25. The van der Waals surface area contributed by atoms with Crippen LogP contribution < -0.4 is 10.6 Å². The highest BCUT2D eigenvalue weighted by molar-refractivity contribution is 5.97. The Labute approximate surface area is 108 Å². The number of hydrogen-bond donors (Lipinski definition) is 1. The monoisotopic (exact) mass is 248 g/mol. The van der Waals surface area contributed by atoms with Crippen molar-refractivity contribution in [1.29, 1.82) is 0 Å². The van der Waals surface area contributed by atoms with Crippen LogP contribution in [0.15, 0.2) is 18.2 Å². The SMILES string of the molecule is Cc1ccc(N2CCOC(CCN)C2=O)c(C)c1. The average molecular weight is 248 g/mol. The molecule has 1 unspecified atom stereocenters. The minimum Gasteiger partial charge on any atom is -0.366 e. The summed E-state index contributed by atoms with van der Waals surface area (Å²) in [6.45, 7) is 5.74. The van der Waals surface area contributed by atoms with Crippen molar-refractivity contribution in [2.75, 3.05) is 24.6 Å². The number of nitrogens with zero attached hydrogens (tertiary/aromatic N) is 1. The molecule has 1 amide bonds. The Morgan fingerprint density at radius 2 is 2.22 bits per heavy atom. The molecule has 1 fully saturated rings. The molecular formula is C14H20N2O2. The maximum atomic E-state index is 12.3. The van der Waals surface area contributed by atoms with E-state index in [1.165, 1.54) is 5.56 Å². The van der Waals surface area contributed by atoms with Gasteiger partial charge in [-0.05, 0) is 38.4 Å². The topological polar surface area (TPSA) is 55.6 Å². The van der Waals surface area contributed by atoms with Crippen LogP contribution in [0, 0.1) is 13.8 Å². The second-order valence-corrected chi connectivity index (χ2v) is 4.72. The minimum absolute atomic E-state index is 0.0265. The lowest BCUT2D eigenvalue weighted by atomic mass is 10.1. The van der Waals surface area contributed by atoms with Crippen LogP contribution in [0.2, 0.25) is 0 Å². The van der Waals surface area contributed by atoms with Gasteiger partial charge in [-0.25, -0.2) is 0 Å². The van der Waals surface area contributed by atoms with E-state index < -0.39 is 0 Å². The average Bonchev–Trinajstić information content (AvgIpc) is 2.33. The lowest BCUT2D eigenvalue weighted by Gasteiger charge is -2.33. The van der Waals surface area contributed by atoms with Gasteiger partial charge in [-0.15, -0.1) is 0 Å². The summed E-state index contributed by atoms with van der Waals surface area (Å²) in [5.74, 6) is 0.0265. The van der Waals surface area contributed by atoms with Crippen LogP contribution in [0.1, 0.15) is 17.5 Å². The molecule has 2 rings (SSSR count). The van der Waals surface area contributed by atoms with Crippen LogP contribution in [0.3, 0.4) is 0 Å². The number of amides is 1. The quantitative estimate of drug-likeness (QED) is 0.879. The van der Waals surface area contributed by atoms with E-state index in [1.54, 1.807) is 0 Å². The molecule has 4 heteroatoms. The molecule has 1 aliphatic heterocycles. The van der Waals surface area contributed by atoms with Gasteiger partial charge >= 0.3 is 0 Å². The first-order valence-electron chi connectivity index (χ1n) is 6.34. The molecule has 0 aromatic heterocycles. The van der Waals surface area contributed by atoms with Gasteiger partial charge in [-0.2, -0.15) is 0 Å². The number of morpholine rings is 1. The van der Waals surface area contributed by atoms with Gasteiger partial charge in [0.05, 0.1) is 6.61 Å². The highest BCUT2D eigenvalue weighted by Gasteiger charge is 2.30. The number of aryl methyl sites for hydroxylation is 2. The van der Waals surface area contributed by atoms with Crippen molar-refractivity contribution >= 4 is 11.6 Å². The first-order valence-corrected chi connectivity index (χ1v) is 6.34. The Morgan fingerprint density at radius 3 is 2.89 bits per heavy atom. The van der Waals surface area contributed by atoms with Crippen molar-refractivity contribution in [2.24, 2.45) is 5.73 Å². The van der Waals surface area contributed by atoms with Crippen molar-refractivity contribution in [1.82, 2.24) is 0 Å². The highest BCUT2D eigenvalue weighted by atomic mass is 16.5. The fourth-order valence-corrected chi connectivity index (χ4v) is 2.35. The molecule has 0 saturated carbocycles. The number of ether oxygens (including phenoxy) is 1. The van der Waals surface area contributed by atoms with E-state index in [1.807, 2.05) is 24.0 Å². The van der Waals surface area contributed by atoms with Crippen molar-refractivity contribution in [3.8, 4) is 0 Å². The summed E-state index contributed by atoms with van der Waals surface area (Å²) >= 11 is 0. The van der Waals surface area contributed by atoms with Crippen LogP contribution in [0.4, 0.5) is 5.69 Å². The first kappa shape index (κ1) is 13.1. The van der Waals surface area contributed by atoms with E-state index in [2.05, 4.69) is 13.0 Å². The molecule has 1 aromatic rings. The first-order chi connectivity index (χ1) is 8.63. The van der Waals surface area contributed by atoms with Gasteiger partial charge in [0.25, 0.3) is 5.91 Å². The zero-order valence-electron chi connectivity index (χ0n) is 11.0. The van der Waals surface area contributed by atoms with Gasteiger partial charge < -0.3 is 15.4 Å². The second-order valence-electron chi connectivity index (χ2n) is 4.72. The molecule has 1 aliphatic rings. The van der Waals surface area contributed by atoms with E-state index in [-0.39, 0.29) is 12.0 Å². The predicted molar refractivity (Wildman–Crippen MR) is 71.7 cm³/mol. The van der Waals surface area contributed by atoms with Crippen molar-refractivity contribution in [3.63, 3.8) is 0 Å². The summed E-state index contributed by atoms with van der Waals surface area (Å²) in [6, 6.07) is 6.13.